The number of anilines is 1. The number of piperidine rings is 1. The van der Waals surface area contributed by atoms with Gasteiger partial charge in [-0.3, -0.25) is 9.36 Å². The first-order valence-corrected chi connectivity index (χ1v) is 15.9. The number of halogens is 4. The van der Waals surface area contributed by atoms with E-state index in [1.54, 1.807) is 15.5 Å². The molecule has 1 amide bonds. The molecular weight excluding hydrogens is 599 g/mol. The maximum absolute atomic E-state index is 15.2. The van der Waals surface area contributed by atoms with E-state index in [0.29, 0.717) is 65.1 Å². The average Bonchev–Trinajstić information content (AvgIpc) is 2.96. The first-order chi connectivity index (χ1) is 20.6. The second-order valence-corrected chi connectivity index (χ2v) is 13.2. The Kier molecular flexibility index (Phi) is 8.25. The van der Waals surface area contributed by atoms with Gasteiger partial charge in [0, 0.05) is 65.4 Å². The number of aromatic nitrogens is 2. The third-order valence-corrected chi connectivity index (χ3v) is 10.5. The fourth-order valence-corrected chi connectivity index (χ4v) is 8.45. The van der Waals surface area contributed by atoms with E-state index in [1.165, 1.54) is 17.8 Å². The number of hydrogen-bond donors (Lipinski definition) is 0. The Hall–Kier alpha value is -3.02. The number of carbonyl (C=O) groups excluding carboxylic acids is 1. The van der Waals surface area contributed by atoms with E-state index in [1.807, 2.05) is 11.8 Å². The molecule has 2 aromatic carbocycles. The average molecular weight is 632 g/mol. The number of nitrogens with zero attached hydrogens (tertiary/aromatic N) is 5. The van der Waals surface area contributed by atoms with Crippen molar-refractivity contribution in [3.05, 3.63) is 63.8 Å². The van der Waals surface area contributed by atoms with Crippen molar-refractivity contribution in [2.24, 2.45) is 5.92 Å². The Morgan fingerprint density at radius 1 is 1.12 bits per heavy atom. The van der Waals surface area contributed by atoms with Gasteiger partial charge in [-0.25, -0.2) is 18.0 Å². The zero-order valence-corrected chi connectivity index (χ0v) is 25.7. The van der Waals surface area contributed by atoms with Crippen molar-refractivity contribution in [1.29, 1.82) is 0 Å². The quantitative estimate of drug-likeness (QED) is 0.335. The summed E-state index contributed by atoms with van der Waals surface area (Å²) in [4.78, 5) is 37.3. The molecule has 43 heavy (non-hydrogen) atoms. The lowest BCUT2D eigenvalue weighted by Gasteiger charge is -2.41. The van der Waals surface area contributed by atoms with Crippen LogP contribution in [-0.4, -0.2) is 76.8 Å². The highest BCUT2D eigenvalue weighted by Crippen LogP contribution is 2.49. The number of thioether (sulfide) groups is 1. The van der Waals surface area contributed by atoms with Crippen LogP contribution in [0.4, 0.5) is 19.0 Å². The van der Waals surface area contributed by atoms with Crippen LogP contribution in [-0.2, 0) is 4.79 Å². The summed E-state index contributed by atoms with van der Waals surface area (Å²) in [7, 11) is 2.10. The number of amides is 1. The Bertz CT molecular complexity index is 1650. The minimum atomic E-state index is -1.07. The van der Waals surface area contributed by atoms with E-state index in [2.05, 4.69) is 23.5 Å². The molecule has 6 rings (SSSR count). The Balaban J connectivity index is 1.53. The van der Waals surface area contributed by atoms with Crippen LogP contribution in [0.3, 0.4) is 0 Å². The van der Waals surface area contributed by atoms with Crippen LogP contribution in [0.1, 0.15) is 32.2 Å². The first-order valence-electron chi connectivity index (χ1n) is 14.5. The van der Waals surface area contributed by atoms with Crippen molar-refractivity contribution in [2.75, 3.05) is 50.4 Å². The molecule has 0 saturated carbocycles. The normalized spacial score (nSPS) is 21.4. The maximum atomic E-state index is 15.2. The SMILES string of the molecule is C=CC(=O)N1CCN(c2nc(=O)n3c4c(c(-c5c(F)cc(F)cc5F)c(Cl)cc24)SC[C@@H]3CC2CCN(C)CC2)[C@@H](C)C1. The first kappa shape index (κ1) is 30.0. The predicted octanol–water partition coefficient (Wildman–Crippen LogP) is 5.74. The molecule has 228 valence electrons. The molecule has 0 N–H and O–H groups in total. The molecule has 0 bridgehead atoms. The minimum Gasteiger partial charge on any atom is -0.350 e. The summed E-state index contributed by atoms with van der Waals surface area (Å²) in [6, 6.07) is 2.54. The van der Waals surface area contributed by atoms with Crippen molar-refractivity contribution in [3.8, 4) is 11.1 Å². The number of carbonyl (C=O) groups is 1. The van der Waals surface area contributed by atoms with Gasteiger partial charge < -0.3 is 14.7 Å². The topological polar surface area (TPSA) is 61.7 Å². The second-order valence-electron chi connectivity index (χ2n) is 11.8. The van der Waals surface area contributed by atoms with Crippen LogP contribution in [0.25, 0.3) is 22.0 Å². The largest absolute Gasteiger partial charge is 0.350 e. The summed E-state index contributed by atoms with van der Waals surface area (Å²) in [5.41, 5.74) is -0.228. The molecule has 1 aromatic heterocycles. The van der Waals surface area contributed by atoms with E-state index in [0.717, 1.165) is 32.4 Å². The van der Waals surface area contributed by atoms with E-state index in [4.69, 9.17) is 11.6 Å². The number of hydrogen-bond acceptors (Lipinski definition) is 6. The van der Waals surface area contributed by atoms with Crippen LogP contribution in [0.15, 0.2) is 40.5 Å². The molecular formula is C31H33ClF3N5O2S. The lowest BCUT2D eigenvalue weighted by atomic mass is 9.90. The summed E-state index contributed by atoms with van der Waals surface area (Å²) in [6.45, 7) is 8.77. The number of piperazine rings is 1. The molecule has 3 aliphatic heterocycles. The standard InChI is InChI=1S/C31H33ClF3N5O2S/c1-4-25(41)38-9-10-39(17(2)15-38)30-21-14-22(32)26(27-23(34)12-19(33)13-24(27)35)29-28(21)40(31(42)36-30)20(16-43-29)11-18-5-7-37(3)8-6-18/h4,12-14,17-18,20H,1,5-11,15-16H2,2-3H3/t17-,20-/m0/s1. The van der Waals surface area contributed by atoms with Crippen LogP contribution < -0.4 is 10.6 Å². The molecule has 2 fully saturated rings. The molecule has 2 saturated heterocycles. The molecule has 3 aromatic rings. The van der Waals surface area contributed by atoms with Gasteiger partial charge in [0.2, 0.25) is 5.91 Å². The van der Waals surface area contributed by atoms with Gasteiger partial charge in [0.15, 0.2) is 0 Å². The molecule has 4 heterocycles. The fourth-order valence-electron chi connectivity index (χ4n) is 6.75. The Labute approximate surface area is 257 Å². The van der Waals surface area contributed by atoms with E-state index in [-0.39, 0.29) is 28.6 Å². The third-order valence-electron chi connectivity index (χ3n) is 8.97. The van der Waals surface area contributed by atoms with Gasteiger partial charge in [0.05, 0.1) is 16.1 Å². The molecule has 3 aliphatic rings. The third kappa shape index (κ3) is 5.44. The molecule has 0 aliphatic carbocycles. The van der Waals surface area contributed by atoms with Crippen molar-refractivity contribution in [1.82, 2.24) is 19.4 Å². The molecule has 7 nitrogen and oxygen atoms in total. The summed E-state index contributed by atoms with van der Waals surface area (Å²) in [6.07, 6.45) is 4.12. The van der Waals surface area contributed by atoms with Crippen molar-refractivity contribution in [3.63, 3.8) is 0 Å². The molecule has 0 spiro atoms. The van der Waals surface area contributed by atoms with Gasteiger partial charge >= 0.3 is 5.69 Å². The summed E-state index contributed by atoms with van der Waals surface area (Å²) in [5, 5.41) is 0.678. The van der Waals surface area contributed by atoms with Crippen LogP contribution in [0, 0.1) is 23.4 Å². The number of benzene rings is 2. The monoisotopic (exact) mass is 631 g/mol. The van der Waals surface area contributed by atoms with Crippen LogP contribution in [0.2, 0.25) is 5.02 Å². The molecule has 2 atom stereocenters. The lowest BCUT2D eigenvalue weighted by molar-refractivity contribution is -0.126. The van der Waals surface area contributed by atoms with E-state index in [9.17, 15) is 14.0 Å². The highest BCUT2D eigenvalue weighted by atomic mass is 35.5. The maximum Gasteiger partial charge on any atom is 0.350 e. The van der Waals surface area contributed by atoms with E-state index < -0.39 is 28.7 Å². The van der Waals surface area contributed by atoms with Crippen LogP contribution in [0.5, 0.6) is 0 Å². The molecule has 12 heteroatoms. The van der Waals surface area contributed by atoms with Gasteiger partial charge in [0.1, 0.15) is 23.3 Å². The highest BCUT2D eigenvalue weighted by Gasteiger charge is 2.35. The van der Waals surface area contributed by atoms with Gasteiger partial charge in [-0.1, -0.05) is 18.2 Å². The van der Waals surface area contributed by atoms with Crippen molar-refractivity contribution in [2.45, 2.75) is 43.2 Å². The summed E-state index contributed by atoms with van der Waals surface area (Å²) in [5.74, 6) is -1.97. The molecule has 0 unspecified atom stereocenters. The van der Waals surface area contributed by atoms with Gasteiger partial charge in [-0.2, -0.15) is 4.98 Å². The summed E-state index contributed by atoms with van der Waals surface area (Å²) < 4.78 is 45.9. The van der Waals surface area contributed by atoms with Crippen molar-refractivity contribution >= 4 is 46.0 Å². The Morgan fingerprint density at radius 2 is 1.81 bits per heavy atom. The number of rotatable bonds is 5. The zero-order valence-electron chi connectivity index (χ0n) is 24.1. The predicted molar refractivity (Wildman–Crippen MR) is 165 cm³/mol. The highest BCUT2D eigenvalue weighted by molar-refractivity contribution is 7.99. The van der Waals surface area contributed by atoms with Gasteiger partial charge in [-0.15, -0.1) is 11.8 Å². The summed E-state index contributed by atoms with van der Waals surface area (Å²) >= 11 is 8.23. The van der Waals surface area contributed by atoms with Gasteiger partial charge in [0.25, 0.3) is 0 Å². The van der Waals surface area contributed by atoms with E-state index >= 15 is 8.78 Å². The minimum absolute atomic E-state index is 0.0783. The lowest BCUT2D eigenvalue weighted by Crippen LogP contribution is -2.54. The molecule has 0 radical (unpaired) electrons. The second kappa shape index (κ2) is 11.8. The van der Waals surface area contributed by atoms with Gasteiger partial charge in [-0.05, 0) is 64.4 Å². The number of likely N-dealkylation sites (tertiary alicyclic amines) is 1. The van der Waals surface area contributed by atoms with Crippen LogP contribution >= 0.6 is 23.4 Å². The smallest absolute Gasteiger partial charge is 0.350 e. The van der Waals surface area contributed by atoms with Crippen molar-refractivity contribution < 1.29 is 18.0 Å². The fraction of sp³-hybridized carbons (Fsp3) is 0.452. The Morgan fingerprint density at radius 3 is 2.47 bits per heavy atom. The zero-order chi connectivity index (χ0) is 30.6.